The molecule has 24 heavy (non-hydrogen) atoms. The minimum Gasteiger partial charge on any atom is -0.255 e. The van der Waals surface area contributed by atoms with E-state index in [9.17, 15) is 0 Å². The Labute approximate surface area is 159 Å². The van der Waals surface area contributed by atoms with Gasteiger partial charge in [0.25, 0.3) is 0 Å². The molecule has 5 rings (SSSR count). The van der Waals surface area contributed by atoms with Gasteiger partial charge in [0.1, 0.15) is 9.91 Å². The van der Waals surface area contributed by atoms with Crippen LogP contribution >= 0.6 is 46.7 Å². The van der Waals surface area contributed by atoms with Gasteiger partial charge in [-0.15, -0.1) is 23.5 Å². The molecule has 2 aromatic carbocycles. The average Bonchev–Trinajstić information content (AvgIpc) is 3.07. The second-order valence-corrected chi connectivity index (χ2v) is 9.64. The third-order valence-electron chi connectivity index (χ3n) is 4.82. The molecule has 0 radical (unpaired) electrons. The van der Waals surface area contributed by atoms with Gasteiger partial charge in [-0.1, -0.05) is 59.6 Å². The largest absolute Gasteiger partial charge is 0.255 e. The molecule has 5 heteroatoms. The summed E-state index contributed by atoms with van der Waals surface area (Å²) in [5.74, 6) is 0.440. The first-order valence-electron chi connectivity index (χ1n) is 7.80. The molecular formula is C19H13Cl2NS2. The zero-order valence-electron chi connectivity index (χ0n) is 12.5. The van der Waals surface area contributed by atoms with Crippen LogP contribution in [0.5, 0.6) is 0 Å². The Kier molecular flexibility index (Phi) is 3.57. The van der Waals surface area contributed by atoms with Crippen LogP contribution in [0.4, 0.5) is 0 Å². The van der Waals surface area contributed by atoms with Crippen LogP contribution in [0, 0.1) is 5.92 Å². The van der Waals surface area contributed by atoms with E-state index in [-0.39, 0.29) is 4.87 Å². The second-order valence-electron chi connectivity index (χ2n) is 6.20. The van der Waals surface area contributed by atoms with Crippen molar-refractivity contribution in [1.29, 1.82) is 0 Å². The molecule has 1 saturated heterocycles. The zero-order chi connectivity index (χ0) is 16.3. The molecule has 120 valence electrons. The highest BCUT2D eigenvalue weighted by Crippen LogP contribution is 2.65. The van der Waals surface area contributed by atoms with E-state index in [1.54, 1.807) is 0 Å². The number of benzene rings is 2. The Balaban J connectivity index is 1.65. The number of thioether (sulfide) groups is 2. The third kappa shape index (κ3) is 2.22. The predicted molar refractivity (Wildman–Crippen MR) is 107 cm³/mol. The molecule has 0 saturated carbocycles. The minimum atomic E-state index is -0.227. The van der Waals surface area contributed by atoms with Gasteiger partial charge in [0, 0.05) is 32.0 Å². The Hall–Kier alpha value is -0.870. The maximum Gasteiger partial charge on any atom is 0.140 e. The van der Waals surface area contributed by atoms with Crippen LogP contribution < -0.4 is 0 Å². The quantitative estimate of drug-likeness (QED) is 0.582. The number of nitrogens with zero attached hydrogens (tertiary/aromatic N) is 1. The van der Waals surface area contributed by atoms with Crippen LogP contribution in [-0.4, -0.2) is 15.5 Å². The van der Waals surface area contributed by atoms with Crippen LogP contribution in [-0.2, 0) is 4.87 Å². The second kappa shape index (κ2) is 5.57. The lowest BCUT2D eigenvalue weighted by molar-refractivity contribution is 0.505. The standard InChI is InChI=1S/C19H13Cl2NS2/c20-13-5-1-11(2-6-13)18-22-19(12-3-7-14(21)8-4-12)15-9-10-16(24-19)17(15)23-18/h1-10,15-17H/t15-,16+,17-,19-/m0/s1. The smallest absolute Gasteiger partial charge is 0.140 e. The number of hydrogen-bond donors (Lipinski definition) is 0. The first-order chi connectivity index (χ1) is 11.7. The van der Waals surface area contributed by atoms with Crippen molar-refractivity contribution in [2.45, 2.75) is 15.4 Å². The lowest BCUT2D eigenvalue weighted by Gasteiger charge is -2.36. The van der Waals surface area contributed by atoms with Gasteiger partial charge in [0.05, 0.1) is 0 Å². The van der Waals surface area contributed by atoms with E-state index in [0.29, 0.717) is 16.4 Å². The summed E-state index contributed by atoms with van der Waals surface area (Å²) in [7, 11) is 0. The first kappa shape index (κ1) is 15.4. The molecule has 0 spiro atoms. The van der Waals surface area contributed by atoms with Crippen molar-refractivity contribution in [3.8, 4) is 0 Å². The molecule has 2 aromatic rings. The maximum absolute atomic E-state index is 6.09. The zero-order valence-corrected chi connectivity index (χ0v) is 15.7. The Morgan fingerprint density at radius 3 is 2.25 bits per heavy atom. The van der Waals surface area contributed by atoms with Gasteiger partial charge in [-0.3, -0.25) is 4.99 Å². The van der Waals surface area contributed by atoms with Crippen molar-refractivity contribution < 1.29 is 0 Å². The van der Waals surface area contributed by atoms with Gasteiger partial charge in [-0.25, -0.2) is 0 Å². The van der Waals surface area contributed by atoms with Crippen LogP contribution in [0.25, 0.3) is 0 Å². The molecular weight excluding hydrogens is 377 g/mol. The number of hydrogen-bond acceptors (Lipinski definition) is 3. The predicted octanol–water partition coefficient (Wildman–Crippen LogP) is 6.01. The molecule has 0 aromatic heterocycles. The molecule has 4 bridgehead atoms. The normalized spacial score (nSPS) is 32.9. The molecule has 2 heterocycles. The lowest BCUT2D eigenvalue weighted by Crippen LogP contribution is -2.33. The third-order valence-corrected chi connectivity index (χ3v) is 8.58. The summed E-state index contributed by atoms with van der Waals surface area (Å²) in [4.78, 5) is 5.03. The van der Waals surface area contributed by atoms with Gasteiger partial charge in [0.2, 0.25) is 0 Å². The molecule has 2 aliphatic heterocycles. The Morgan fingerprint density at radius 2 is 1.54 bits per heavy atom. The van der Waals surface area contributed by atoms with Gasteiger partial charge in [-0.2, -0.15) is 0 Å². The summed E-state index contributed by atoms with van der Waals surface area (Å²) in [5.41, 5.74) is 2.39. The van der Waals surface area contributed by atoms with Crippen molar-refractivity contribution in [1.82, 2.24) is 0 Å². The molecule has 0 unspecified atom stereocenters. The Morgan fingerprint density at radius 1 is 0.875 bits per heavy atom. The number of halogens is 2. The van der Waals surface area contributed by atoms with Crippen molar-refractivity contribution in [3.05, 3.63) is 81.9 Å². The summed E-state index contributed by atoms with van der Waals surface area (Å²) < 4.78 is 0. The Bertz CT molecular complexity index is 860. The van der Waals surface area contributed by atoms with E-state index < -0.39 is 0 Å². The summed E-state index contributed by atoms with van der Waals surface area (Å²) in [6.45, 7) is 0. The SMILES string of the molecule is Clc1ccc(C2=N[C@@]3(c4ccc(Cl)cc4)S[C@@H]4C=C[C@H]3[C@@H]4S2)cc1. The van der Waals surface area contributed by atoms with E-state index >= 15 is 0 Å². The van der Waals surface area contributed by atoms with Gasteiger partial charge < -0.3 is 0 Å². The average molecular weight is 390 g/mol. The minimum absolute atomic E-state index is 0.227. The summed E-state index contributed by atoms with van der Waals surface area (Å²) in [5, 5.41) is 3.70. The molecule has 1 nitrogen and oxygen atoms in total. The highest BCUT2D eigenvalue weighted by Gasteiger charge is 2.59. The summed E-state index contributed by atoms with van der Waals surface area (Å²) in [6, 6.07) is 16.2. The van der Waals surface area contributed by atoms with Crippen LogP contribution in [0.15, 0.2) is 65.7 Å². The number of rotatable bonds is 2. The maximum atomic E-state index is 6.09. The summed E-state index contributed by atoms with van der Waals surface area (Å²) >= 11 is 16.0. The van der Waals surface area contributed by atoms with Crippen molar-refractivity contribution >= 4 is 51.8 Å². The lowest BCUT2D eigenvalue weighted by atomic mass is 9.91. The summed E-state index contributed by atoms with van der Waals surface area (Å²) in [6.07, 6.45) is 4.71. The fraction of sp³-hybridized carbons (Fsp3) is 0.211. The van der Waals surface area contributed by atoms with Crippen molar-refractivity contribution in [2.24, 2.45) is 10.9 Å². The topological polar surface area (TPSA) is 12.4 Å². The van der Waals surface area contributed by atoms with E-state index in [0.717, 1.165) is 20.7 Å². The monoisotopic (exact) mass is 389 g/mol. The molecule has 1 fully saturated rings. The van der Waals surface area contributed by atoms with E-state index in [4.69, 9.17) is 28.2 Å². The van der Waals surface area contributed by atoms with Gasteiger partial charge in [0.15, 0.2) is 0 Å². The molecule has 0 amide bonds. The molecule has 4 atom stereocenters. The molecule has 0 N–H and O–H groups in total. The van der Waals surface area contributed by atoms with Crippen molar-refractivity contribution in [3.63, 3.8) is 0 Å². The van der Waals surface area contributed by atoms with Crippen LogP contribution in [0.2, 0.25) is 10.0 Å². The highest BCUT2D eigenvalue weighted by molar-refractivity contribution is 8.16. The van der Waals surface area contributed by atoms with Gasteiger partial charge >= 0.3 is 0 Å². The molecule has 1 aliphatic carbocycles. The van der Waals surface area contributed by atoms with E-state index in [1.165, 1.54) is 5.56 Å². The number of aliphatic imine (C=N–C) groups is 1. The van der Waals surface area contributed by atoms with Crippen LogP contribution in [0.1, 0.15) is 11.1 Å². The fourth-order valence-electron chi connectivity index (χ4n) is 3.68. The van der Waals surface area contributed by atoms with Crippen molar-refractivity contribution in [2.75, 3.05) is 0 Å². The van der Waals surface area contributed by atoms with Crippen LogP contribution in [0.3, 0.4) is 0 Å². The first-order valence-corrected chi connectivity index (χ1v) is 10.3. The van der Waals surface area contributed by atoms with E-state index in [2.05, 4.69) is 36.4 Å². The highest BCUT2D eigenvalue weighted by atomic mass is 35.5. The van der Waals surface area contributed by atoms with E-state index in [1.807, 2.05) is 47.8 Å². The fourth-order valence-corrected chi connectivity index (χ4v) is 7.49. The molecule has 3 aliphatic rings. The van der Waals surface area contributed by atoms with Gasteiger partial charge in [-0.05, 0) is 29.8 Å².